The highest BCUT2D eigenvalue weighted by molar-refractivity contribution is 6.01. The molecule has 2 aromatic carbocycles. The van der Waals surface area contributed by atoms with Crippen molar-refractivity contribution in [2.45, 2.75) is 13.8 Å². The van der Waals surface area contributed by atoms with Crippen molar-refractivity contribution in [2.24, 2.45) is 0 Å². The van der Waals surface area contributed by atoms with E-state index in [1.54, 1.807) is 13.0 Å². The highest BCUT2D eigenvalue weighted by Gasteiger charge is 2.22. The van der Waals surface area contributed by atoms with Crippen LogP contribution in [0.3, 0.4) is 0 Å². The van der Waals surface area contributed by atoms with E-state index < -0.39 is 34.9 Å². The first-order valence-corrected chi connectivity index (χ1v) is 9.55. The Labute approximate surface area is 183 Å². The van der Waals surface area contributed by atoms with E-state index in [0.717, 1.165) is 36.7 Å². The number of non-ortho nitro benzene ring substituents is 1. The van der Waals surface area contributed by atoms with Gasteiger partial charge < -0.3 is 14.0 Å². The van der Waals surface area contributed by atoms with Crippen LogP contribution in [0.15, 0.2) is 54.6 Å². The topological polar surface area (TPSA) is 118 Å². The molecule has 0 atom stereocenters. The Kier molecular flexibility index (Phi) is 6.48. The monoisotopic (exact) mass is 436 g/mol. The molecule has 0 amide bonds. The molecule has 0 unspecified atom stereocenters. The molecule has 0 N–H and O–H groups in total. The summed E-state index contributed by atoms with van der Waals surface area (Å²) >= 11 is 0. The molecule has 0 saturated carbocycles. The lowest BCUT2D eigenvalue weighted by atomic mass is 10.1. The first-order chi connectivity index (χ1) is 15.2. The van der Waals surface area contributed by atoms with Gasteiger partial charge in [0.15, 0.2) is 6.61 Å². The van der Waals surface area contributed by atoms with Crippen molar-refractivity contribution in [2.75, 3.05) is 13.7 Å². The fourth-order valence-electron chi connectivity index (χ4n) is 3.38. The van der Waals surface area contributed by atoms with E-state index in [-0.39, 0.29) is 11.1 Å². The first-order valence-electron chi connectivity index (χ1n) is 9.55. The zero-order valence-corrected chi connectivity index (χ0v) is 17.7. The number of nitro benzene ring substituents is 1. The van der Waals surface area contributed by atoms with E-state index in [2.05, 4.69) is 4.74 Å². The Hall–Kier alpha value is -4.27. The van der Waals surface area contributed by atoms with Gasteiger partial charge in [0.1, 0.15) is 0 Å². The molecule has 0 aliphatic carbocycles. The molecule has 0 fully saturated rings. The molecule has 0 aliphatic rings. The zero-order chi connectivity index (χ0) is 23.4. The third-order valence-electron chi connectivity index (χ3n) is 4.87. The SMILES string of the molecule is COC(=O)c1cc(C(=O)OCC(=O)c2cc(C)n(-c3ccccc3)c2C)cc([N+](=O)[O-])c1. The van der Waals surface area contributed by atoms with Gasteiger partial charge in [-0.15, -0.1) is 0 Å². The van der Waals surface area contributed by atoms with Crippen molar-refractivity contribution in [3.63, 3.8) is 0 Å². The zero-order valence-electron chi connectivity index (χ0n) is 17.7. The second kappa shape index (κ2) is 9.25. The standard InChI is InChI=1S/C23H20N2O7/c1-14-9-20(15(2)24(14)18-7-5-4-6-8-18)21(26)13-32-23(28)17-10-16(22(27)31-3)11-19(12-17)25(29)30/h4-12H,13H2,1-3H3. The number of ketones is 1. The predicted molar refractivity (Wildman–Crippen MR) is 114 cm³/mol. The van der Waals surface area contributed by atoms with Crippen LogP contribution in [-0.2, 0) is 9.47 Å². The van der Waals surface area contributed by atoms with Crippen LogP contribution in [0.1, 0.15) is 42.5 Å². The number of Topliss-reactive ketones (excluding diaryl/α,β-unsaturated/α-hetero) is 1. The number of benzene rings is 2. The lowest BCUT2D eigenvalue weighted by molar-refractivity contribution is -0.384. The molecule has 9 heteroatoms. The minimum absolute atomic E-state index is 0.175. The summed E-state index contributed by atoms with van der Waals surface area (Å²) in [5.74, 6) is -2.23. The van der Waals surface area contributed by atoms with Gasteiger partial charge in [0, 0.05) is 34.8 Å². The lowest BCUT2D eigenvalue weighted by Crippen LogP contribution is -2.16. The largest absolute Gasteiger partial charge is 0.465 e. The average Bonchev–Trinajstić information content (AvgIpc) is 3.10. The van der Waals surface area contributed by atoms with Crippen molar-refractivity contribution >= 4 is 23.4 Å². The summed E-state index contributed by atoms with van der Waals surface area (Å²) in [6.07, 6.45) is 0. The summed E-state index contributed by atoms with van der Waals surface area (Å²) in [6, 6.07) is 14.3. The normalized spacial score (nSPS) is 10.5. The lowest BCUT2D eigenvalue weighted by Gasteiger charge is -2.10. The maximum atomic E-state index is 12.7. The Bertz CT molecular complexity index is 1210. The van der Waals surface area contributed by atoms with Crippen molar-refractivity contribution in [3.05, 3.63) is 92.8 Å². The summed E-state index contributed by atoms with van der Waals surface area (Å²) in [5, 5.41) is 11.1. The summed E-state index contributed by atoms with van der Waals surface area (Å²) in [5.41, 5.74) is 1.94. The molecule has 0 aliphatic heterocycles. The van der Waals surface area contributed by atoms with Crippen molar-refractivity contribution in [1.82, 2.24) is 4.57 Å². The van der Waals surface area contributed by atoms with E-state index in [0.29, 0.717) is 11.3 Å². The average molecular weight is 436 g/mol. The Morgan fingerprint density at radius 2 is 1.59 bits per heavy atom. The van der Waals surface area contributed by atoms with Crippen LogP contribution in [0.4, 0.5) is 5.69 Å². The summed E-state index contributed by atoms with van der Waals surface area (Å²) in [6.45, 7) is 3.09. The third kappa shape index (κ3) is 4.56. The molecule has 0 bridgehead atoms. The number of hydrogen-bond donors (Lipinski definition) is 0. The van der Waals surface area contributed by atoms with Crippen molar-refractivity contribution < 1.29 is 28.8 Å². The third-order valence-corrected chi connectivity index (χ3v) is 4.87. The molecule has 3 rings (SSSR count). The molecule has 0 saturated heterocycles. The molecule has 0 spiro atoms. The number of rotatable bonds is 7. The van der Waals surface area contributed by atoms with Crippen LogP contribution in [0.2, 0.25) is 0 Å². The van der Waals surface area contributed by atoms with Gasteiger partial charge in [-0.2, -0.15) is 0 Å². The van der Waals surface area contributed by atoms with E-state index >= 15 is 0 Å². The number of methoxy groups -OCH3 is 1. The number of hydrogen-bond acceptors (Lipinski definition) is 7. The van der Waals surface area contributed by atoms with Gasteiger partial charge in [0.25, 0.3) is 5.69 Å². The maximum Gasteiger partial charge on any atom is 0.338 e. The Balaban J connectivity index is 1.80. The molecular weight excluding hydrogens is 416 g/mol. The number of aromatic nitrogens is 1. The predicted octanol–water partition coefficient (Wildman–Crippen LogP) is 3.83. The smallest absolute Gasteiger partial charge is 0.338 e. The molecule has 1 aromatic heterocycles. The quantitative estimate of drug-likeness (QED) is 0.239. The summed E-state index contributed by atoms with van der Waals surface area (Å²) < 4.78 is 11.6. The maximum absolute atomic E-state index is 12.7. The van der Waals surface area contributed by atoms with Crippen molar-refractivity contribution in [1.29, 1.82) is 0 Å². The number of carbonyl (C=O) groups excluding carboxylic acids is 3. The van der Waals surface area contributed by atoms with Crippen LogP contribution < -0.4 is 0 Å². The molecular formula is C23H20N2O7. The van der Waals surface area contributed by atoms with Crippen LogP contribution in [-0.4, -0.2) is 40.9 Å². The Morgan fingerprint density at radius 3 is 2.19 bits per heavy atom. The van der Waals surface area contributed by atoms with E-state index in [9.17, 15) is 24.5 Å². The molecule has 164 valence electrons. The highest BCUT2D eigenvalue weighted by Crippen LogP contribution is 2.22. The number of nitrogens with zero attached hydrogens (tertiary/aromatic N) is 2. The molecule has 1 heterocycles. The van der Waals surface area contributed by atoms with Gasteiger partial charge in [0.2, 0.25) is 5.78 Å². The molecule has 3 aromatic rings. The van der Waals surface area contributed by atoms with Crippen molar-refractivity contribution in [3.8, 4) is 5.69 Å². The molecule has 32 heavy (non-hydrogen) atoms. The molecule has 9 nitrogen and oxygen atoms in total. The number of nitro groups is 1. The van der Waals surface area contributed by atoms with E-state index in [4.69, 9.17) is 4.74 Å². The second-order valence-corrected chi connectivity index (χ2v) is 6.97. The highest BCUT2D eigenvalue weighted by atomic mass is 16.6. The second-order valence-electron chi connectivity index (χ2n) is 6.97. The fourth-order valence-corrected chi connectivity index (χ4v) is 3.38. The first kappa shape index (κ1) is 22.4. The van der Waals surface area contributed by atoms with Gasteiger partial charge in [-0.05, 0) is 38.1 Å². The minimum atomic E-state index is -0.968. The summed E-state index contributed by atoms with van der Waals surface area (Å²) in [7, 11) is 1.11. The summed E-state index contributed by atoms with van der Waals surface area (Å²) in [4.78, 5) is 47.3. The van der Waals surface area contributed by atoms with Crippen LogP contribution in [0.25, 0.3) is 5.69 Å². The van der Waals surface area contributed by atoms with Gasteiger partial charge in [-0.25, -0.2) is 9.59 Å². The number of aryl methyl sites for hydroxylation is 1. The van der Waals surface area contributed by atoms with Gasteiger partial charge >= 0.3 is 11.9 Å². The number of carbonyl (C=O) groups is 3. The van der Waals surface area contributed by atoms with Crippen LogP contribution >= 0.6 is 0 Å². The van der Waals surface area contributed by atoms with E-state index in [1.807, 2.05) is 41.8 Å². The number of ether oxygens (including phenoxy) is 2. The van der Waals surface area contributed by atoms with Gasteiger partial charge in [-0.3, -0.25) is 14.9 Å². The van der Waals surface area contributed by atoms with Gasteiger partial charge in [0.05, 0.1) is 23.2 Å². The fraction of sp³-hybridized carbons (Fsp3) is 0.174. The number of para-hydroxylation sites is 1. The Morgan fingerprint density at radius 1 is 0.969 bits per heavy atom. The van der Waals surface area contributed by atoms with Crippen LogP contribution in [0, 0.1) is 24.0 Å². The van der Waals surface area contributed by atoms with Gasteiger partial charge in [-0.1, -0.05) is 18.2 Å². The number of esters is 2. The van der Waals surface area contributed by atoms with Crippen LogP contribution in [0.5, 0.6) is 0 Å². The van der Waals surface area contributed by atoms with E-state index in [1.165, 1.54) is 0 Å². The minimum Gasteiger partial charge on any atom is -0.465 e. The molecule has 0 radical (unpaired) electrons.